The second-order valence-corrected chi connectivity index (χ2v) is 8.84. The highest BCUT2D eigenvalue weighted by molar-refractivity contribution is 5.81. The van der Waals surface area contributed by atoms with Crippen LogP contribution in [0.2, 0.25) is 0 Å². The maximum absolute atomic E-state index is 13.2. The molecular weight excluding hydrogens is 364 g/mol. The Morgan fingerprint density at radius 3 is 2.52 bits per heavy atom. The smallest absolute Gasteiger partial charge is 0.227 e. The summed E-state index contributed by atoms with van der Waals surface area (Å²) >= 11 is 0. The Morgan fingerprint density at radius 2 is 1.86 bits per heavy atom. The molecule has 3 aliphatic rings. The Morgan fingerprint density at radius 1 is 1.07 bits per heavy atom. The van der Waals surface area contributed by atoms with Crippen LogP contribution in [0.1, 0.15) is 51.1 Å². The number of hydrogen-bond donors (Lipinski definition) is 0. The van der Waals surface area contributed by atoms with E-state index in [0.717, 1.165) is 70.4 Å². The Labute approximate surface area is 174 Å². The van der Waals surface area contributed by atoms with Crippen LogP contribution in [-0.4, -0.2) is 70.3 Å². The number of pyridine rings is 1. The van der Waals surface area contributed by atoms with Crippen LogP contribution in [-0.2, 0) is 16.1 Å². The molecule has 0 aromatic carbocycles. The zero-order chi connectivity index (χ0) is 20.2. The van der Waals surface area contributed by atoms with Crippen molar-refractivity contribution >= 4 is 11.8 Å². The first-order valence-corrected chi connectivity index (χ1v) is 11.4. The van der Waals surface area contributed by atoms with Gasteiger partial charge in [0.05, 0.1) is 18.2 Å². The number of likely N-dealkylation sites (tertiary alicyclic amines) is 2. The number of rotatable bonds is 6. The molecule has 0 N–H and O–H groups in total. The van der Waals surface area contributed by atoms with Crippen molar-refractivity contribution in [3.63, 3.8) is 0 Å². The van der Waals surface area contributed by atoms with Crippen LogP contribution in [0.25, 0.3) is 0 Å². The van der Waals surface area contributed by atoms with Crippen molar-refractivity contribution in [2.24, 2.45) is 11.8 Å². The molecule has 1 atom stereocenters. The zero-order valence-corrected chi connectivity index (χ0v) is 17.6. The van der Waals surface area contributed by atoms with Crippen LogP contribution < -0.4 is 0 Å². The molecule has 0 spiro atoms. The molecule has 1 aromatic rings. The minimum Gasteiger partial charge on any atom is -0.342 e. The minimum absolute atomic E-state index is 0.0820. The molecule has 6 heteroatoms. The lowest BCUT2D eigenvalue weighted by molar-refractivity contribution is -0.138. The number of carbonyl (C=O) groups is 2. The van der Waals surface area contributed by atoms with E-state index in [1.807, 2.05) is 30.0 Å². The van der Waals surface area contributed by atoms with E-state index >= 15 is 0 Å². The number of nitrogens with zero attached hydrogens (tertiary/aromatic N) is 4. The summed E-state index contributed by atoms with van der Waals surface area (Å²) in [6.07, 6.45) is 8.11. The third-order valence-electron chi connectivity index (χ3n) is 6.79. The van der Waals surface area contributed by atoms with Gasteiger partial charge in [0.25, 0.3) is 0 Å². The normalized spacial score (nSPS) is 23.8. The van der Waals surface area contributed by atoms with E-state index in [4.69, 9.17) is 0 Å². The SMILES string of the molecule is CCN(Cc1ccccn1)C(=O)C1CCCN(C2CCN(C(=O)C3CC3)CC2)C1. The van der Waals surface area contributed by atoms with Gasteiger partial charge in [0.15, 0.2) is 0 Å². The van der Waals surface area contributed by atoms with Crippen molar-refractivity contribution in [2.75, 3.05) is 32.7 Å². The predicted octanol–water partition coefficient (Wildman–Crippen LogP) is 2.54. The summed E-state index contributed by atoms with van der Waals surface area (Å²) in [5.41, 5.74) is 0.947. The van der Waals surface area contributed by atoms with Gasteiger partial charge in [0.2, 0.25) is 11.8 Å². The van der Waals surface area contributed by atoms with Crippen molar-refractivity contribution in [2.45, 2.75) is 58.0 Å². The second-order valence-electron chi connectivity index (χ2n) is 8.84. The van der Waals surface area contributed by atoms with Gasteiger partial charge >= 0.3 is 0 Å². The van der Waals surface area contributed by atoms with E-state index in [1.54, 1.807) is 6.20 Å². The van der Waals surface area contributed by atoms with E-state index in [0.29, 0.717) is 31.0 Å². The van der Waals surface area contributed by atoms with Gasteiger partial charge in [-0.15, -0.1) is 0 Å². The fourth-order valence-electron chi connectivity index (χ4n) is 4.87. The van der Waals surface area contributed by atoms with Gasteiger partial charge in [0.1, 0.15) is 0 Å². The molecule has 0 radical (unpaired) electrons. The van der Waals surface area contributed by atoms with Gasteiger partial charge in [0, 0.05) is 44.3 Å². The molecular formula is C23H34N4O2. The molecule has 1 saturated carbocycles. The summed E-state index contributed by atoms with van der Waals surface area (Å²) in [4.78, 5) is 36.4. The van der Waals surface area contributed by atoms with Crippen molar-refractivity contribution < 1.29 is 9.59 Å². The quantitative estimate of drug-likeness (QED) is 0.739. The molecule has 2 amide bonds. The fourth-order valence-corrected chi connectivity index (χ4v) is 4.87. The summed E-state index contributed by atoms with van der Waals surface area (Å²) in [5, 5.41) is 0. The third kappa shape index (κ3) is 4.97. The topological polar surface area (TPSA) is 56.8 Å². The number of piperidine rings is 2. The van der Waals surface area contributed by atoms with Crippen LogP contribution >= 0.6 is 0 Å². The molecule has 6 nitrogen and oxygen atoms in total. The first-order chi connectivity index (χ1) is 14.2. The van der Waals surface area contributed by atoms with E-state index in [1.165, 1.54) is 0 Å². The largest absolute Gasteiger partial charge is 0.342 e. The van der Waals surface area contributed by atoms with E-state index < -0.39 is 0 Å². The molecule has 3 heterocycles. The lowest BCUT2D eigenvalue weighted by Crippen LogP contribution is -2.52. The molecule has 29 heavy (non-hydrogen) atoms. The molecule has 1 aliphatic carbocycles. The van der Waals surface area contributed by atoms with Crippen molar-refractivity contribution in [1.29, 1.82) is 0 Å². The number of aromatic nitrogens is 1. The number of amides is 2. The Kier molecular flexibility index (Phi) is 6.48. The molecule has 3 fully saturated rings. The van der Waals surface area contributed by atoms with Crippen molar-refractivity contribution in [1.82, 2.24) is 19.7 Å². The highest BCUT2D eigenvalue weighted by Crippen LogP contribution is 2.33. The van der Waals surface area contributed by atoms with E-state index in [2.05, 4.69) is 14.8 Å². The summed E-state index contributed by atoms with van der Waals surface area (Å²) in [6.45, 7) is 7.07. The second kappa shape index (κ2) is 9.24. The predicted molar refractivity (Wildman–Crippen MR) is 112 cm³/mol. The van der Waals surface area contributed by atoms with Crippen LogP contribution in [0.5, 0.6) is 0 Å². The summed E-state index contributed by atoms with van der Waals surface area (Å²) in [5.74, 6) is 1.05. The monoisotopic (exact) mass is 398 g/mol. The van der Waals surface area contributed by atoms with Crippen LogP contribution in [0.3, 0.4) is 0 Å². The van der Waals surface area contributed by atoms with Crippen LogP contribution in [0.4, 0.5) is 0 Å². The molecule has 1 unspecified atom stereocenters. The van der Waals surface area contributed by atoms with Crippen molar-refractivity contribution in [3.05, 3.63) is 30.1 Å². The van der Waals surface area contributed by atoms with Gasteiger partial charge in [-0.3, -0.25) is 19.5 Å². The molecule has 0 bridgehead atoms. The summed E-state index contributed by atoms with van der Waals surface area (Å²) < 4.78 is 0. The lowest BCUT2D eigenvalue weighted by atomic mass is 9.92. The first kappa shape index (κ1) is 20.3. The van der Waals surface area contributed by atoms with E-state index in [9.17, 15) is 9.59 Å². The highest BCUT2D eigenvalue weighted by Gasteiger charge is 2.37. The average molecular weight is 399 g/mol. The summed E-state index contributed by atoms with van der Waals surface area (Å²) in [7, 11) is 0. The molecule has 158 valence electrons. The molecule has 2 aliphatic heterocycles. The van der Waals surface area contributed by atoms with E-state index in [-0.39, 0.29) is 11.8 Å². The first-order valence-electron chi connectivity index (χ1n) is 11.4. The number of carbonyl (C=O) groups excluding carboxylic acids is 2. The van der Waals surface area contributed by atoms with Gasteiger partial charge in [-0.1, -0.05) is 6.07 Å². The lowest BCUT2D eigenvalue weighted by Gasteiger charge is -2.42. The van der Waals surface area contributed by atoms with Gasteiger partial charge in [-0.05, 0) is 64.1 Å². The maximum atomic E-state index is 13.2. The molecule has 2 saturated heterocycles. The minimum atomic E-state index is 0.0820. The van der Waals surface area contributed by atoms with Crippen molar-refractivity contribution in [3.8, 4) is 0 Å². The zero-order valence-electron chi connectivity index (χ0n) is 17.6. The maximum Gasteiger partial charge on any atom is 0.227 e. The summed E-state index contributed by atoms with van der Waals surface area (Å²) in [6, 6.07) is 6.38. The highest BCUT2D eigenvalue weighted by atomic mass is 16.2. The number of hydrogen-bond acceptors (Lipinski definition) is 4. The standard InChI is InChI=1S/C23H34N4O2/c1-2-25(17-20-7-3-4-12-24-20)23(29)19-6-5-13-27(16-19)21-10-14-26(15-11-21)22(28)18-8-9-18/h3-4,7,12,18-19,21H,2,5-6,8-11,13-17H2,1H3. The Hall–Kier alpha value is -1.95. The van der Waals surface area contributed by atoms with Crippen LogP contribution in [0.15, 0.2) is 24.4 Å². The fraction of sp³-hybridized carbons (Fsp3) is 0.696. The molecule has 4 rings (SSSR count). The van der Waals surface area contributed by atoms with Gasteiger partial charge in [-0.25, -0.2) is 0 Å². The van der Waals surface area contributed by atoms with Crippen LogP contribution in [0, 0.1) is 11.8 Å². The Balaban J connectivity index is 1.30. The van der Waals surface area contributed by atoms with Gasteiger partial charge < -0.3 is 9.80 Å². The Bertz CT molecular complexity index is 698. The third-order valence-corrected chi connectivity index (χ3v) is 6.79. The van der Waals surface area contributed by atoms with Gasteiger partial charge in [-0.2, -0.15) is 0 Å². The average Bonchev–Trinajstić information content (AvgIpc) is 3.63. The molecule has 1 aromatic heterocycles.